The maximum absolute atomic E-state index is 12.3. The summed E-state index contributed by atoms with van der Waals surface area (Å²) in [5.74, 6) is -0.0287. The van der Waals surface area contributed by atoms with Gasteiger partial charge in [-0.25, -0.2) is 4.79 Å². The summed E-state index contributed by atoms with van der Waals surface area (Å²) in [7, 11) is 0. The molecule has 0 saturated carbocycles. The molecule has 0 unspecified atom stereocenters. The Bertz CT molecular complexity index is 857. The van der Waals surface area contributed by atoms with Gasteiger partial charge in [-0.1, -0.05) is 58.5 Å². The molecule has 135 valence electrons. The first-order valence-corrected chi connectivity index (χ1v) is 9.16. The van der Waals surface area contributed by atoms with E-state index in [-0.39, 0.29) is 10.8 Å². The molecular formula is C24H27O2. The topological polar surface area (TPSA) is 26.3 Å². The van der Waals surface area contributed by atoms with Crippen molar-refractivity contribution in [2.45, 2.75) is 58.3 Å². The van der Waals surface area contributed by atoms with Crippen LogP contribution in [0.2, 0.25) is 0 Å². The monoisotopic (exact) mass is 347 g/mol. The number of hydrogen-bond donors (Lipinski definition) is 0. The van der Waals surface area contributed by atoms with E-state index < -0.39 is 5.97 Å². The normalized spacial score (nSPS) is 17.3. The van der Waals surface area contributed by atoms with Crippen molar-refractivity contribution in [1.82, 2.24) is 0 Å². The molecule has 2 nitrogen and oxygen atoms in total. The van der Waals surface area contributed by atoms with E-state index in [0.717, 1.165) is 17.5 Å². The molecule has 2 aromatic rings. The van der Waals surface area contributed by atoms with Crippen molar-refractivity contribution >= 4 is 11.7 Å². The fraction of sp³-hybridized carbons (Fsp3) is 0.375. The third kappa shape index (κ3) is 3.33. The molecule has 3 rings (SSSR count). The Balaban J connectivity index is 1.96. The van der Waals surface area contributed by atoms with Gasteiger partial charge in [0, 0.05) is 5.56 Å². The number of carbonyl (C=O) groups is 1. The van der Waals surface area contributed by atoms with Crippen LogP contribution in [0.15, 0.2) is 43.0 Å². The highest BCUT2D eigenvalue weighted by Gasteiger charge is 2.37. The Hall–Kier alpha value is -2.35. The molecule has 1 aliphatic carbocycles. The van der Waals surface area contributed by atoms with E-state index in [9.17, 15) is 4.79 Å². The Labute approximate surface area is 156 Å². The molecule has 0 fully saturated rings. The lowest BCUT2D eigenvalue weighted by Crippen LogP contribution is -2.34. The Kier molecular flexibility index (Phi) is 4.56. The number of benzene rings is 2. The molecule has 0 N–H and O–H groups in total. The van der Waals surface area contributed by atoms with Gasteiger partial charge in [0.25, 0.3) is 0 Å². The van der Waals surface area contributed by atoms with Crippen LogP contribution in [0.1, 0.15) is 73.1 Å². The van der Waals surface area contributed by atoms with Crippen LogP contribution in [0, 0.1) is 13.0 Å². The molecule has 0 spiro atoms. The van der Waals surface area contributed by atoms with Crippen molar-refractivity contribution in [2.24, 2.45) is 0 Å². The molecule has 0 aliphatic heterocycles. The molecule has 2 heteroatoms. The quantitative estimate of drug-likeness (QED) is 0.505. The number of fused-ring (bicyclic) bond motifs is 1. The van der Waals surface area contributed by atoms with Gasteiger partial charge >= 0.3 is 5.97 Å². The highest BCUT2D eigenvalue weighted by atomic mass is 16.5. The van der Waals surface area contributed by atoms with E-state index >= 15 is 0 Å². The van der Waals surface area contributed by atoms with Crippen molar-refractivity contribution < 1.29 is 9.53 Å². The summed E-state index contributed by atoms with van der Waals surface area (Å²) in [6, 6.07) is 14.3. The third-order valence-electron chi connectivity index (χ3n) is 5.64. The largest absolute Gasteiger partial charge is 0.423 e. The summed E-state index contributed by atoms with van der Waals surface area (Å²) in [6.07, 6.45) is 2.31. The summed E-state index contributed by atoms with van der Waals surface area (Å²) in [6.45, 7) is 15.3. The van der Waals surface area contributed by atoms with Crippen LogP contribution in [0.5, 0.6) is 0 Å². The van der Waals surface area contributed by atoms with Gasteiger partial charge in [0.2, 0.25) is 0 Å². The second kappa shape index (κ2) is 6.42. The van der Waals surface area contributed by atoms with E-state index in [1.807, 2.05) is 6.07 Å². The van der Waals surface area contributed by atoms with Crippen molar-refractivity contribution in [1.29, 1.82) is 0 Å². The number of ether oxygens (including phenoxy) is 1. The number of hydrogen-bond acceptors (Lipinski definition) is 2. The summed E-state index contributed by atoms with van der Waals surface area (Å²) < 4.78 is 5.55. The van der Waals surface area contributed by atoms with Crippen LogP contribution < -0.4 is 0 Å². The van der Waals surface area contributed by atoms with Crippen LogP contribution in [0.25, 0.3) is 5.76 Å². The first kappa shape index (κ1) is 18.4. The molecule has 0 bridgehead atoms. The molecular weight excluding hydrogens is 320 g/mol. The minimum Gasteiger partial charge on any atom is -0.423 e. The van der Waals surface area contributed by atoms with Crippen LogP contribution in [-0.2, 0) is 15.6 Å². The smallest absolute Gasteiger partial charge is 0.344 e. The molecule has 1 radical (unpaired) electrons. The highest BCUT2D eigenvalue weighted by molar-refractivity contribution is 5.92. The second-order valence-electron chi connectivity index (χ2n) is 8.57. The van der Waals surface area contributed by atoms with Gasteiger partial charge < -0.3 is 4.74 Å². The standard InChI is InChI=1S/C24H27O2/c1-16-14-20-21(24(5,6)13-12-23(20,3)4)15-19(16)17(2)26-22(25)18-10-8-7-9-11-18/h7-10,14-15H,2,12-13H2,1,3-6H3. The lowest BCUT2D eigenvalue weighted by molar-refractivity contribution is 0.0692. The SMILES string of the molecule is C=C(OC(=O)c1[c]cccc1)c1cc2c(cc1C)C(C)(C)CCC2(C)C. The molecule has 0 heterocycles. The number of rotatable bonds is 3. The first-order valence-electron chi connectivity index (χ1n) is 9.16. The highest BCUT2D eigenvalue weighted by Crippen LogP contribution is 2.47. The van der Waals surface area contributed by atoms with Crippen molar-refractivity contribution in [3.63, 3.8) is 0 Å². The zero-order valence-electron chi connectivity index (χ0n) is 16.4. The maximum atomic E-state index is 12.3. The minimum absolute atomic E-state index is 0.102. The van der Waals surface area contributed by atoms with Crippen LogP contribution >= 0.6 is 0 Å². The van der Waals surface area contributed by atoms with Gasteiger partial charge in [0.1, 0.15) is 5.76 Å². The molecule has 2 aromatic carbocycles. The van der Waals surface area contributed by atoms with E-state index in [1.165, 1.54) is 17.5 Å². The fourth-order valence-corrected chi connectivity index (χ4v) is 3.76. The Morgan fingerprint density at radius 3 is 2.27 bits per heavy atom. The van der Waals surface area contributed by atoms with Gasteiger partial charge in [-0.2, -0.15) is 0 Å². The molecule has 0 saturated heterocycles. The van der Waals surface area contributed by atoms with E-state index in [2.05, 4.69) is 59.4 Å². The Morgan fingerprint density at radius 2 is 1.69 bits per heavy atom. The van der Waals surface area contributed by atoms with Crippen LogP contribution in [-0.4, -0.2) is 5.97 Å². The third-order valence-corrected chi connectivity index (χ3v) is 5.64. The van der Waals surface area contributed by atoms with Crippen LogP contribution in [0.3, 0.4) is 0 Å². The van der Waals surface area contributed by atoms with Gasteiger partial charge in [-0.05, 0) is 65.5 Å². The molecule has 0 amide bonds. The number of esters is 1. The van der Waals surface area contributed by atoms with E-state index in [1.54, 1.807) is 18.2 Å². The van der Waals surface area contributed by atoms with Gasteiger partial charge in [-0.3, -0.25) is 0 Å². The second-order valence-corrected chi connectivity index (χ2v) is 8.57. The van der Waals surface area contributed by atoms with Crippen molar-refractivity contribution in [3.8, 4) is 0 Å². The fourth-order valence-electron chi connectivity index (χ4n) is 3.76. The average molecular weight is 347 g/mol. The van der Waals surface area contributed by atoms with Gasteiger partial charge in [0.05, 0.1) is 5.56 Å². The predicted octanol–water partition coefficient (Wildman–Crippen LogP) is 5.97. The first-order chi connectivity index (χ1) is 12.1. The summed E-state index contributed by atoms with van der Waals surface area (Å²) in [4.78, 5) is 12.3. The van der Waals surface area contributed by atoms with Crippen molar-refractivity contribution in [2.75, 3.05) is 0 Å². The molecule has 0 atom stereocenters. The minimum atomic E-state index is -0.424. The predicted molar refractivity (Wildman–Crippen MR) is 106 cm³/mol. The maximum Gasteiger partial charge on any atom is 0.344 e. The lowest BCUT2D eigenvalue weighted by Gasteiger charge is -2.42. The molecule has 1 aliphatic rings. The average Bonchev–Trinajstić information content (AvgIpc) is 2.59. The van der Waals surface area contributed by atoms with Gasteiger partial charge in [0.15, 0.2) is 0 Å². The Morgan fingerprint density at radius 1 is 1.08 bits per heavy atom. The number of carbonyl (C=O) groups excluding carboxylic acids is 1. The summed E-state index contributed by atoms with van der Waals surface area (Å²) in [5.41, 5.74) is 5.38. The summed E-state index contributed by atoms with van der Waals surface area (Å²) in [5, 5.41) is 0. The zero-order chi connectivity index (χ0) is 19.1. The molecule has 26 heavy (non-hydrogen) atoms. The van der Waals surface area contributed by atoms with Crippen molar-refractivity contribution in [3.05, 3.63) is 76.9 Å². The zero-order valence-corrected chi connectivity index (χ0v) is 16.4. The van der Waals surface area contributed by atoms with E-state index in [0.29, 0.717) is 11.3 Å². The van der Waals surface area contributed by atoms with Crippen LogP contribution in [0.4, 0.5) is 0 Å². The lowest BCUT2D eigenvalue weighted by atomic mass is 9.62. The molecule has 0 aromatic heterocycles. The summed E-state index contributed by atoms with van der Waals surface area (Å²) >= 11 is 0. The number of aryl methyl sites for hydroxylation is 1. The van der Waals surface area contributed by atoms with Gasteiger partial charge in [-0.15, -0.1) is 0 Å². The van der Waals surface area contributed by atoms with E-state index in [4.69, 9.17) is 4.74 Å².